The van der Waals surface area contributed by atoms with Crippen LogP contribution in [0.5, 0.6) is 0 Å². The highest BCUT2D eigenvalue weighted by molar-refractivity contribution is 7.80. The van der Waals surface area contributed by atoms with Crippen molar-refractivity contribution in [3.8, 4) is 0 Å². The van der Waals surface area contributed by atoms with Crippen LogP contribution in [-0.2, 0) is 0 Å². The lowest BCUT2D eigenvalue weighted by Gasteiger charge is -2.29. The van der Waals surface area contributed by atoms with Crippen molar-refractivity contribution in [1.82, 2.24) is 4.90 Å². The summed E-state index contributed by atoms with van der Waals surface area (Å²) in [5.74, 6) is 1.74. The second kappa shape index (κ2) is 6.73. The van der Waals surface area contributed by atoms with Gasteiger partial charge in [-0.1, -0.05) is 32.6 Å². The lowest BCUT2D eigenvalue weighted by atomic mass is 10.1. The Balaban J connectivity index is 2.30. The summed E-state index contributed by atoms with van der Waals surface area (Å²) in [7, 11) is 2.29. The molecule has 0 heterocycles. The van der Waals surface area contributed by atoms with Gasteiger partial charge in [-0.05, 0) is 31.6 Å². The van der Waals surface area contributed by atoms with E-state index < -0.39 is 0 Å². The summed E-state index contributed by atoms with van der Waals surface area (Å²) in [5, 5.41) is 0. The van der Waals surface area contributed by atoms with Crippen molar-refractivity contribution < 1.29 is 0 Å². The minimum Gasteiger partial charge on any atom is -0.303 e. The summed E-state index contributed by atoms with van der Waals surface area (Å²) in [6.45, 7) is 3.51. The van der Waals surface area contributed by atoms with Crippen molar-refractivity contribution in [1.29, 1.82) is 0 Å². The van der Waals surface area contributed by atoms with E-state index in [0.29, 0.717) is 0 Å². The van der Waals surface area contributed by atoms with E-state index in [1.165, 1.54) is 45.1 Å². The standard InChI is InChI=1S/C12H25NS/c1-11(10-14)9-13(2)12-7-5-3-4-6-8-12/h11-12,14H,3-10H2,1-2H3. The number of thiol groups is 1. The molecule has 1 nitrogen and oxygen atoms in total. The number of hydrogen-bond acceptors (Lipinski definition) is 2. The third-order valence-corrected chi connectivity index (χ3v) is 3.98. The molecule has 0 aromatic rings. The average molecular weight is 215 g/mol. The van der Waals surface area contributed by atoms with Crippen molar-refractivity contribution in [3.63, 3.8) is 0 Å². The summed E-state index contributed by atoms with van der Waals surface area (Å²) in [4.78, 5) is 2.56. The molecule has 0 aromatic carbocycles. The molecule has 0 spiro atoms. The van der Waals surface area contributed by atoms with E-state index in [9.17, 15) is 0 Å². The van der Waals surface area contributed by atoms with Gasteiger partial charge in [-0.25, -0.2) is 0 Å². The molecule has 1 atom stereocenters. The number of rotatable bonds is 4. The molecule has 14 heavy (non-hydrogen) atoms. The topological polar surface area (TPSA) is 3.24 Å². The lowest BCUT2D eigenvalue weighted by Crippen LogP contribution is -2.35. The van der Waals surface area contributed by atoms with Crippen LogP contribution in [0.15, 0.2) is 0 Å². The third-order valence-electron chi connectivity index (χ3n) is 3.36. The van der Waals surface area contributed by atoms with Crippen molar-refractivity contribution in [2.75, 3.05) is 19.3 Å². The zero-order valence-corrected chi connectivity index (χ0v) is 10.6. The van der Waals surface area contributed by atoms with Gasteiger partial charge in [0.1, 0.15) is 0 Å². The highest BCUT2D eigenvalue weighted by Gasteiger charge is 2.17. The van der Waals surface area contributed by atoms with Crippen LogP contribution in [0.4, 0.5) is 0 Å². The monoisotopic (exact) mass is 215 g/mol. The Morgan fingerprint density at radius 2 is 1.79 bits per heavy atom. The molecule has 0 aliphatic heterocycles. The van der Waals surface area contributed by atoms with E-state index >= 15 is 0 Å². The maximum Gasteiger partial charge on any atom is 0.00923 e. The van der Waals surface area contributed by atoms with Gasteiger partial charge < -0.3 is 4.90 Å². The first-order valence-corrected chi connectivity index (χ1v) is 6.68. The SMILES string of the molecule is CC(CS)CN(C)C1CCCCCC1. The van der Waals surface area contributed by atoms with Crippen molar-refractivity contribution in [2.24, 2.45) is 5.92 Å². The molecule has 0 N–H and O–H groups in total. The fraction of sp³-hybridized carbons (Fsp3) is 1.00. The Morgan fingerprint density at radius 3 is 2.29 bits per heavy atom. The average Bonchev–Trinajstić information content (AvgIpc) is 2.45. The Kier molecular flexibility index (Phi) is 5.95. The minimum atomic E-state index is 0.728. The van der Waals surface area contributed by atoms with Gasteiger partial charge in [-0.15, -0.1) is 0 Å². The van der Waals surface area contributed by atoms with Gasteiger partial charge in [0.15, 0.2) is 0 Å². The van der Waals surface area contributed by atoms with Crippen LogP contribution in [-0.4, -0.2) is 30.3 Å². The summed E-state index contributed by atoms with van der Waals surface area (Å²) >= 11 is 4.35. The Labute approximate surface area is 94.7 Å². The number of hydrogen-bond donors (Lipinski definition) is 1. The molecule has 2 heteroatoms. The summed E-state index contributed by atoms with van der Waals surface area (Å²) < 4.78 is 0. The third kappa shape index (κ3) is 4.22. The van der Waals surface area contributed by atoms with Gasteiger partial charge >= 0.3 is 0 Å². The second-order valence-corrected chi connectivity index (χ2v) is 5.24. The van der Waals surface area contributed by atoms with Crippen LogP contribution < -0.4 is 0 Å². The Morgan fingerprint density at radius 1 is 1.21 bits per heavy atom. The van der Waals surface area contributed by atoms with E-state index in [4.69, 9.17) is 0 Å². The number of nitrogens with zero attached hydrogens (tertiary/aromatic N) is 1. The van der Waals surface area contributed by atoms with Gasteiger partial charge in [0, 0.05) is 12.6 Å². The van der Waals surface area contributed by atoms with Crippen LogP contribution in [0.25, 0.3) is 0 Å². The van der Waals surface area contributed by atoms with Crippen LogP contribution in [0.1, 0.15) is 45.4 Å². The predicted molar refractivity (Wildman–Crippen MR) is 67.1 cm³/mol. The molecule has 0 amide bonds. The van der Waals surface area contributed by atoms with E-state index in [2.05, 4.69) is 31.5 Å². The largest absolute Gasteiger partial charge is 0.303 e. The molecule has 0 saturated heterocycles. The van der Waals surface area contributed by atoms with Gasteiger partial charge in [0.2, 0.25) is 0 Å². The van der Waals surface area contributed by atoms with Gasteiger partial charge in [0.25, 0.3) is 0 Å². The van der Waals surface area contributed by atoms with E-state index in [1.54, 1.807) is 0 Å². The van der Waals surface area contributed by atoms with Gasteiger partial charge in [-0.2, -0.15) is 12.6 Å². The summed E-state index contributed by atoms with van der Waals surface area (Å²) in [5.41, 5.74) is 0. The van der Waals surface area contributed by atoms with Crippen LogP contribution in [0.3, 0.4) is 0 Å². The zero-order valence-electron chi connectivity index (χ0n) is 9.71. The minimum absolute atomic E-state index is 0.728. The van der Waals surface area contributed by atoms with Crippen molar-refractivity contribution in [3.05, 3.63) is 0 Å². The quantitative estimate of drug-likeness (QED) is 0.557. The molecule has 1 aliphatic rings. The maximum atomic E-state index is 4.35. The van der Waals surface area contributed by atoms with Crippen LogP contribution >= 0.6 is 12.6 Å². The summed E-state index contributed by atoms with van der Waals surface area (Å²) in [6.07, 6.45) is 8.60. The molecular weight excluding hydrogens is 190 g/mol. The first kappa shape index (κ1) is 12.4. The van der Waals surface area contributed by atoms with Crippen LogP contribution in [0.2, 0.25) is 0 Å². The van der Waals surface area contributed by atoms with E-state index in [1.807, 2.05) is 0 Å². The lowest BCUT2D eigenvalue weighted by molar-refractivity contribution is 0.200. The van der Waals surface area contributed by atoms with E-state index in [-0.39, 0.29) is 0 Å². The second-order valence-electron chi connectivity index (χ2n) is 4.87. The molecular formula is C12H25NS. The molecule has 0 radical (unpaired) electrons. The van der Waals surface area contributed by atoms with Crippen LogP contribution in [0, 0.1) is 5.92 Å². The fourth-order valence-corrected chi connectivity index (χ4v) is 2.51. The molecule has 1 fully saturated rings. The smallest absolute Gasteiger partial charge is 0.00923 e. The molecule has 84 valence electrons. The molecule has 0 aromatic heterocycles. The Hall–Kier alpha value is 0.310. The van der Waals surface area contributed by atoms with E-state index in [0.717, 1.165) is 17.7 Å². The van der Waals surface area contributed by atoms with Crippen molar-refractivity contribution in [2.45, 2.75) is 51.5 Å². The highest BCUT2D eigenvalue weighted by Crippen LogP contribution is 2.21. The fourth-order valence-electron chi connectivity index (χ4n) is 2.40. The maximum absolute atomic E-state index is 4.35. The molecule has 1 rings (SSSR count). The molecule has 1 saturated carbocycles. The molecule has 1 unspecified atom stereocenters. The van der Waals surface area contributed by atoms with Gasteiger partial charge in [-0.3, -0.25) is 0 Å². The molecule has 1 aliphatic carbocycles. The summed E-state index contributed by atoms with van der Waals surface area (Å²) in [6, 6.07) is 0.847. The van der Waals surface area contributed by atoms with Crippen molar-refractivity contribution >= 4 is 12.6 Å². The zero-order chi connectivity index (χ0) is 10.4. The first-order chi connectivity index (χ1) is 6.74. The molecule has 0 bridgehead atoms. The predicted octanol–water partition coefficient (Wildman–Crippen LogP) is 3.21. The Bertz CT molecular complexity index is 141. The van der Waals surface area contributed by atoms with Gasteiger partial charge in [0.05, 0.1) is 0 Å². The normalized spacial score (nSPS) is 22.3. The first-order valence-electron chi connectivity index (χ1n) is 6.05. The highest BCUT2D eigenvalue weighted by atomic mass is 32.1.